The van der Waals surface area contributed by atoms with Gasteiger partial charge in [0.1, 0.15) is 0 Å². The van der Waals surface area contributed by atoms with Gasteiger partial charge >= 0.3 is 0 Å². The van der Waals surface area contributed by atoms with Crippen molar-refractivity contribution in [1.82, 2.24) is 5.32 Å². The molecule has 17 heavy (non-hydrogen) atoms. The highest BCUT2D eigenvalue weighted by Gasteiger charge is 2.33. The van der Waals surface area contributed by atoms with Crippen LogP contribution in [0.5, 0.6) is 0 Å². The van der Waals surface area contributed by atoms with E-state index >= 15 is 0 Å². The van der Waals surface area contributed by atoms with Crippen LogP contribution in [0.15, 0.2) is 0 Å². The summed E-state index contributed by atoms with van der Waals surface area (Å²) in [6.07, 6.45) is 8.25. The van der Waals surface area contributed by atoms with Crippen LogP contribution in [0.25, 0.3) is 0 Å². The van der Waals surface area contributed by atoms with Gasteiger partial charge in [0.15, 0.2) is 0 Å². The highest BCUT2D eigenvalue weighted by Crippen LogP contribution is 2.34. The molecule has 0 amide bonds. The molecule has 100 valence electrons. The fraction of sp³-hybridized carbons (Fsp3) is 1.00. The minimum atomic E-state index is 0.500. The quantitative estimate of drug-likeness (QED) is 0.812. The Balaban J connectivity index is 1.80. The minimum Gasteiger partial charge on any atom is -0.378 e. The van der Waals surface area contributed by atoms with Crippen molar-refractivity contribution in [3.63, 3.8) is 0 Å². The van der Waals surface area contributed by atoms with E-state index in [1.165, 1.54) is 32.1 Å². The zero-order chi connectivity index (χ0) is 12.3. The average Bonchev–Trinajstić information content (AvgIpc) is 2.71. The predicted octanol–water partition coefficient (Wildman–Crippen LogP) is 3.36. The first-order valence-corrected chi connectivity index (χ1v) is 7.62. The second-order valence-electron chi connectivity index (χ2n) is 6.00. The zero-order valence-electron chi connectivity index (χ0n) is 11.7. The minimum absolute atomic E-state index is 0.500. The van der Waals surface area contributed by atoms with Crippen LogP contribution in [0.3, 0.4) is 0 Å². The molecule has 1 saturated heterocycles. The molecular formula is C15H29NO. The average molecular weight is 239 g/mol. The molecule has 0 bridgehead atoms. The predicted molar refractivity (Wildman–Crippen MR) is 72.2 cm³/mol. The standard InChI is InChI=1S/C15H29NO/c1-4-12-6-7-15(11(12)3)16-13-8-9-17-14(5-2)10-13/h11-16H,4-10H2,1-3H3. The Morgan fingerprint density at radius 1 is 1.12 bits per heavy atom. The lowest BCUT2D eigenvalue weighted by molar-refractivity contribution is -0.00282. The molecule has 1 aliphatic carbocycles. The van der Waals surface area contributed by atoms with Gasteiger partial charge in [0.2, 0.25) is 0 Å². The van der Waals surface area contributed by atoms with Gasteiger partial charge in [0.05, 0.1) is 6.10 Å². The van der Waals surface area contributed by atoms with E-state index in [1.807, 2.05) is 0 Å². The summed E-state index contributed by atoms with van der Waals surface area (Å²) in [5, 5.41) is 3.92. The lowest BCUT2D eigenvalue weighted by Gasteiger charge is -2.33. The second kappa shape index (κ2) is 6.19. The van der Waals surface area contributed by atoms with E-state index in [1.54, 1.807) is 0 Å². The van der Waals surface area contributed by atoms with Gasteiger partial charge in [-0.05, 0) is 43.9 Å². The molecule has 2 nitrogen and oxygen atoms in total. The molecule has 0 aromatic carbocycles. The first-order valence-electron chi connectivity index (χ1n) is 7.62. The fourth-order valence-electron chi connectivity index (χ4n) is 3.68. The van der Waals surface area contributed by atoms with Gasteiger partial charge < -0.3 is 10.1 Å². The number of hydrogen-bond donors (Lipinski definition) is 1. The van der Waals surface area contributed by atoms with Crippen LogP contribution < -0.4 is 5.32 Å². The highest BCUT2D eigenvalue weighted by atomic mass is 16.5. The molecule has 0 spiro atoms. The van der Waals surface area contributed by atoms with Crippen molar-refractivity contribution < 1.29 is 4.74 Å². The lowest BCUT2D eigenvalue weighted by Crippen LogP contribution is -2.45. The number of rotatable bonds is 4. The topological polar surface area (TPSA) is 21.3 Å². The first-order chi connectivity index (χ1) is 8.24. The smallest absolute Gasteiger partial charge is 0.0587 e. The summed E-state index contributed by atoms with van der Waals surface area (Å²) < 4.78 is 5.75. The first kappa shape index (κ1) is 13.4. The summed E-state index contributed by atoms with van der Waals surface area (Å²) in [6.45, 7) is 7.97. The van der Waals surface area contributed by atoms with Crippen LogP contribution in [0.2, 0.25) is 0 Å². The van der Waals surface area contributed by atoms with Crippen LogP contribution >= 0.6 is 0 Å². The van der Waals surface area contributed by atoms with Crippen molar-refractivity contribution in [2.45, 2.75) is 77.5 Å². The van der Waals surface area contributed by atoms with E-state index in [2.05, 4.69) is 26.1 Å². The van der Waals surface area contributed by atoms with Gasteiger partial charge in [0, 0.05) is 18.7 Å². The van der Waals surface area contributed by atoms with E-state index in [0.29, 0.717) is 12.1 Å². The molecule has 1 saturated carbocycles. The fourth-order valence-corrected chi connectivity index (χ4v) is 3.68. The molecule has 2 rings (SSSR count). The summed E-state index contributed by atoms with van der Waals surface area (Å²) in [4.78, 5) is 0. The van der Waals surface area contributed by atoms with Crippen LogP contribution in [0, 0.1) is 11.8 Å². The number of ether oxygens (including phenoxy) is 1. The second-order valence-corrected chi connectivity index (χ2v) is 6.00. The Kier molecular flexibility index (Phi) is 4.87. The summed E-state index contributed by atoms with van der Waals surface area (Å²) in [7, 11) is 0. The van der Waals surface area contributed by atoms with Gasteiger partial charge in [0.25, 0.3) is 0 Å². The molecule has 1 heterocycles. The summed E-state index contributed by atoms with van der Waals surface area (Å²) in [5.41, 5.74) is 0. The molecular weight excluding hydrogens is 210 g/mol. The molecule has 0 aromatic rings. The Labute approximate surface area is 107 Å². The van der Waals surface area contributed by atoms with Gasteiger partial charge in [-0.2, -0.15) is 0 Å². The molecule has 2 heteroatoms. The highest BCUT2D eigenvalue weighted by molar-refractivity contribution is 4.89. The van der Waals surface area contributed by atoms with Crippen molar-refractivity contribution in [3.05, 3.63) is 0 Å². The number of hydrogen-bond acceptors (Lipinski definition) is 2. The van der Waals surface area contributed by atoms with Crippen molar-refractivity contribution in [1.29, 1.82) is 0 Å². The van der Waals surface area contributed by atoms with Gasteiger partial charge in [-0.3, -0.25) is 0 Å². The third-order valence-corrected chi connectivity index (χ3v) is 5.02. The van der Waals surface area contributed by atoms with E-state index in [0.717, 1.165) is 30.9 Å². The molecule has 0 aromatic heterocycles. The molecule has 0 radical (unpaired) electrons. The summed E-state index contributed by atoms with van der Waals surface area (Å²) in [6, 6.07) is 1.47. The van der Waals surface area contributed by atoms with Crippen molar-refractivity contribution >= 4 is 0 Å². The summed E-state index contributed by atoms with van der Waals surface area (Å²) in [5.74, 6) is 1.82. The van der Waals surface area contributed by atoms with E-state index in [4.69, 9.17) is 4.74 Å². The molecule has 2 aliphatic rings. The molecule has 5 unspecified atom stereocenters. The Morgan fingerprint density at radius 2 is 1.94 bits per heavy atom. The van der Waals surface area contributed by atoms with Crippen molar-refractivity contribution in [2.24, 2.45) is 11.8 Å². The number of nitrogens with one attached hydrogen (secondary N) is 1. The maximum absolute atomic E-state index is 5.75. The normalized spacial score (nSPS) is 42.9. The SMILES string of the molecule is CCC1CC(NC2CCC(CC)C2C)CCO1. The lowest BCUT2D eigenvalue weighted by atomic mass is 9.92. The zero-order valence-corrected chi connectivity index (χ0v) is 11.7. The Hall–Kier alpha value is -0.0800. The van der Waals surface area contributed by atoms with Crippen LogP contribution in [0.1, 0.15) is 59.3 Å². The van der Waals surface area contributed by atoms with E-state index in [-0.39, 0.29) is 0 Å². The maximum atomic E-state index is 5.75. The molecule has 1 N–H and O–H groups in total. The molecule has 1 aliphatic heterocycles. The van der Waals surface area contributed by atoms with Crippen molar-refractivity contribution in [3.8, 4) is 0 Å². The third-order valence-electron chi connectivity index (χ3n) is 5.02. The summed E-state index contributed by atoms with van der Waals surface area (Å²) >= 11 is 0. The third kappa shape index (κ3) is 3.23. The molecule has 2 fully saturated rings. The van der Waals surface area contributed by atoms with Gasteiger partial charge in [-0.1, -0.05) is 27.2 Å². The Morgan fingerprint density at radius 3 is 2.59 bits per heavy atom. The van der Waals surface area contributed by atoms with Crippen molar-refractivity contribution in [2.75, 3.05) is 6.61 Å². The van der Waals surface area contributed by atoms with Crippen LogP contribution in [-0.2, 0) is 4.74 Å². The van der Waals surface area contributed by atoms with Gasteiger partial charge in [-0.15, -0.1) is 0 Å². The van der Waals surface area contributed by atoms with E-state index < -0.39 is 0 Å². The Bertz CT molecular complexity index is 231. The van der Waals surface area contributed by atoms with Crippen LogP contribution in [0.4, 0.5) is 0 Å². The molecule has 5 atom stereocenters. The maximum Gasteiger partial charge on any atom is 0.0587 e. The van der Waals surface area contributed by atoms with Gasteiger partial charge in [-0.25, -0.2) is 0 Å². The monoisotopic (exact) mass is 239 g/mol. The van der Waals surface area contributed by atoms with E-state index in [9.17, 15) is 0 Å². The van der Waals surface area contributed by atoms with Crippen LogP contribution in [-0.4, -0.2) is 24.8 Å². The largest absolute Gasteiger partial charge is 0.378 e.